The lowest BCUT2D eigenvalue weighted by Gasteiger charge is -2.39. The SMILES string of the molecule is CC1=NN2CNNC23C(=C1)C=CSc1scc(Cl)c13. The van der Waals surface area contributed by atoms with Gasteiger partial charge in [-0.15, -0.1) is 11.3 Å². The fourth-order valence-electron chi connectivity index (χ4n) is 2.71. The van der Waals surface area contributed by atoms with Gasteiger partial charge in [0.25, 0.3) is 0 Å². The number of hydrogen-bond donors (Lipinski definition) is 2. The molecule has 4 rings (SSSR count). The summed E-state index contributed by atoms with van der Waals surface area (Å²) in [6, 6.07) is 0. The predicted molar refractivity (Wildman–Crippen MR) is 80.2 cm³/mol. The molecule has 4 heterocycles. The normalized spacial score (nSPS) is 28.2. The van der Waals surface area contributed by atoms with Crippen molar-refractivity contribution >= 4 is 40.4 Å². The van der Waals surface area contributed by atoms with E-state index in [2.05, 4.69) is 33.5 Å². The van der Waals surface area contributed by atoms with Gasteiger partial charge >= 0.3 is 0 Å². The highest BCUT2D eigenvalue weighted by Crippen LogP contribution is 2.50. The Balaban J connectivity index is 2.04. The maximum atomic E-state index is 6.45. The molecule has 0 bridgehead atoms. The van der Waals surface area contributed by atoms with E-state index in [1.165, 1.54) is 4.21 Å². The smallest absolute Gasteiger partial charge is 0.176 e. The minimum Gasteiger partial charge on any atom is -0.251 e. The van der Waals surface area contributed by atoms with Gasteiger partial charge in [-0.3, -0.25) is 5.01 Å². The number of nitrogens with one attached hydrogen (secondary N) is 2. The Hall–Kier alpha value is -0.790. The summed E-state index contributed by atoms with van der Waals surface area (Å²) in [5.41, 5.74) is 9.35. The van der Waals surface area contributed by atoms with Crippen molar-refractivity contribution in [2.24, 2.45) is 5.10 Å². The molecular formula is C12H11ClN4S2. The van der Waals surface area contributed by atoms with E-state index in [1.807, 2.05) is 17.3 Å². The third-order valence-electron chi connectivity index (χ3n) is 3.44. The average Bonchev–Trinajstić information content (AvgIpc) is 2.89. The van der Waals surface area contributed by atoms with Gasteiger partial charge in [0.15, 0.2) is 5.66 Å². The van der Waals surface area contributed by atoms with Crippen LogP contribution in [0.15, 0.2) is 37.8 Å². The van der Waals surface area contributed by atoms with Gasteiger partial charge in [0, 0.05) is 16.5 Å². The third-order valence-corrected chi connectivity index (χ3v) is 5.91. The molecule has 1 atom stereocenters. The number of hydrogen-bond acceptors (Lipinski definition) is 6. The number of rotatable bonds is 0. The monoisotopic (exact) mass is 310 g/mol. The Bertz CT molecular complexity index is 648. The second kappa shape index (κ2) is 4.10. The van der Waals surface area contributed by atoms with Crippen LogP contribution in [0.2, 0.25) is 5.02 Å². The lowest BCUT2D eigenvalue weighted by molar-refractivity contribution is 0.160. The molecule has 1 unspecified atom stereocenters. The molecule has 98 valence electrons. The summed E-state index contributed by atoms with van der Waals surface area (Å²) in [5, 5.41) is 11.6. The van der Waals surface area contributed by atoms with Crippen LogP contribution in [0.1, 0.15) is 12.5 Å². The highest BCUT2D eigenvalue weighted by atomic mass is 35.5. The van der Waals surface area contributed by atoms with E-state index in [9.17, 15) is 0 Å². The Morgan fingerprint density at radius 3 is 3.32 bits per heavy atom. The largest absolute Gasteiger partial charge is 0.251 e. The number of thiophene rings is 1. The first kappa shape index (κ1) is 12.0. The topological polar surface area (TPSA) is 39.7 Å². The predicted octanol–water partition coefficient (Wildman–Crippen LogP) is 2.86. The van der Waals surface area contributed by atoms with E-state index in [0.717, 1.165) is 21.9 Å². The molecule has 4 nitrogen and oxygen atoms in total. The van der Waals surface area contributed by atoms with Crippen molar-refractivity contribution in [2.75, 3.05) is 6.67 Å². The fourth-order valence-corrected chi connectivity index (χ4v) is 5.14. The zero-order valence-electron chi connectivity index (χ0n) is 10.1. The number of fused-ring (bicyclic) bond motifs is 1. The zero-order valence-corrected chi connectivity index (χ0v) is 12.5. The molecule has 1 spiro atoms. The number of allylic oxidation sites excluding steroid dienone is 1. The summed E-state index contributed by atoms with van der Waals surface area (Å²) < 4.78 is 1.21. The summed E-state index contributed by atoms with van der Waals surface area (Å²) in [6.07, 6.45) is 4.25. The van der Waals surface area contributed by atoms with Crippen molar-refractivity contribution in [1.29, 1.82) is 0 Å². The van der Waals surface area contributed by atoms with E-state index < -0.39 is 5.66 Å². The van der Waals surface area contributed by atoms with Crippen LogP contribution in [-0.2, 0) is 5.66 Å². The molecule has 19 heavy (non-hydrogen) atoms. The fraction of sp³-hybridized carbons (Fsp3) is 0.250. The van der Waals surface area contributed by atoms with Gasteiger partial charge in [-0.2, -0.15) is 5.10 Å². The number of hydrazone groups is 1. The molecule has 0 amide bonds. The maximum Gasteiger partial charge on any atom is 0.176 e. The van der Waals surface area contributed by atoms with Gasteiger partial charge < -0.3 is 0 Å². The first-order valence-electron chi connectivity index (χ1n) is 5.87. The molecular weight excluding hydrogens is 300 g/mol. The van der Waals surface area contributed by atoms with Gasteiger partial charge in [-0.25, -0.2) is 10.9 Å². The van der Waals surface area contributed by atoms with Crippen LogP contribution in [0.4, 0.5) is 0 Å². The molecule has 3 aliphatic rings. The molecule has 1 saturated heterocycles. The van der Waals surface area contributed by atoms with Crippen molar-refractivity contribution in [1.82, 2.24) is 15.9 Å². The molecule has 0 aromatic carbocycles. The summed E-state index contributed by atoms with van der Waals surface area (Å²) in [4.78, 5) is 0. The third kappa shape index (κ3) is 1.52. The Labute approximate surface area is 124 Å². The van der Waals surface area contributed by atoms with Gasteiger partial charge in [0.2, 0.25) is 0 Å². The lowest BCUT2D eigenvalue weighted by Crippen LogP contribution is -2.50. The highest BCUT2D eigenvalue weighted by Gasteiger charge is 2.50. The van der Waals surface area contributed by atoms with Gasteiger partial charge in [0.05, 0.1) is 14.9 Å². The summed E-state index contributed by atoms with van der Waals surface area (Å²) in [7, 11) is 0. The first-order chi connectivity index (χ1) is 9.22. The first-order valence-corrected chi connectivity index (χ1v) is 8.01. The minimum atomic E-state index is -0.480. The number of nitrogens with zero attached hydrogens (tertiary/aromatic N) is 2. The van der Waals surface area contributed by atoms with E-state index in [1.54, 1.807) is 23.1 Å². The molecule has 7 heteroatoms. The van der Waals surface area contributed by atoms with Crippen molar-refractivity contribution in [3.05, 3.63) is 39.1 Å². The van der Waals surface area contributed by atoms with E-state index in [0.29, 0.717) is 6.67 Å². The summed E-state index contributed by atoms with van der Waals surface area (Å²) >= 11 is 9.83. The Morgan fingerprint density at radius 2 is 2.42 bits per heavy atom. The van der Waals surface area contributed by atoms with Crippen LogP contribution in [0.25, 0.3) is 0 Å². The quantitative estimate of drug-likeness (QED) is 0.773. The molecule has 1 aromatic heterocycles. The van der Waals surface area contributed by atoms with Crippen LogP contribution in [0.3, 0.4) is 0 Å². The minimum absolute atomic E-state index is 0.480. The van der Waals surface area contributed by atoms with Gasteiger partial charge in [0.1, 0.15) is 6.67 Å². The maximum absolute atomic E-state index is 6.45. The lowest BCUT2D eigenvalue weighted by atomic mass is 9.91. The Morgan fingerprint density at radius 1 is 1.53 bits per heavy atom. The van der Waals surface area contributed by atoms with Crippen LogP contribution in [0.5, 0.6) is 0 Å². The molecule has 2 N–H and O–H groups in total. The van der Waals surface area contributed by atoms with Gasteiger partial charge in [-0.1, -0.05) is 23.4 Å². The summed E-state index contributed by atoms with van der Waals surface area (Å²) in [6.45, 7) is 2.66. The average molecular weight is 311 g/mol. The van der Waals surface area contributed by atoms with Crippen molar-refractivity contribution in [2.45, 2.75) is 16.8 Å². The van der Waals surface area contributed by atoms with Crippen LogP contribution in [-0.4, -0.2) is 17.4 Å². The standard InChI is InChI=1S/C12H11ClN4S2/c1-7-4-8-2-3-18-11-10(9(13)5-19-11)12(8)16-14-6-17(12)15-7/h2-5,14,16H,6H2,1H3. The van der Waals surface area contributed by atoms with E-state index >= 15 is 0 Å². The van der Waals surface area contributed by atoms with Gasteiger partial charge in [-0.05, 0) is 24.5 Å². The Kier molecular flexibility index (Phi) is 2.59. The van der Waals surface area contributed by atoms with Crippen molar-refractivity contribution in [3.8, 4) is 0 Å². The van der Waals surface area contributed by atoms with Crippen LogP contribution in [0, 0.1) is 0 Å². The second-order valence-electron chi connectivity index (χ2n) is 4.58. The van der Waals surface area contributed by atoms with Crippen molar-refractivity contribution in [3.63, 3.8) is 0 Å². The second-order valence-corrected chi connectivity index (χ2v) is 7.04. The van der Waals surface area contributed by atoms with Crippen molar-refractivity contribution < 1.29 is 0 Å². The van der Waals surface area contributed by atoms with E-state index in [4.69, 9.17) is 11.6 Å². The molecule has 0 saturated carbocycles. The van der Waals surface area contributed by atoms with Crippen LogP contribution >= 0.6 is 34.7 Å². The van der Waals surface area contributed by atoms with E-state index in [-0.39, 0.29) is 0 Å². The molecule has 1 aromatic rings. The summed E-state index contributed by atoms with van der Waals surface area (Å²) in [5.74, 6) is 0. The highest BCUT2D eigenvalue weighted by molar-refractivity contribution is 8.03. The number of thioether (sulfide) groups is 1. The molecule has 0 aliphatic carbocycles. The number of hydrazine groups is 1. The zero-order chi connectivity index (χ0) is 13.0. The molecule has 1 fully saturated rings. The molecule has 3 aliphatic heterocycles. The molecule has 0 radical (unpaired) electrons. The van der Waals surface area contributed by atoms with Crippen LogP contribution < -0.4 is 10.9 Å². The number of halogens is 1.